The van der Waals surface area contributed by atoms with Crippen LogP contribution in [-0.2, 0) is 17.8 Å². The molecule has 0 saturated carbocycles. The topological polar surface area (TPSA) is 61.8 Å². The Hall–Kier alpha value is -1.79. The summed E-state index contributed by atoms with van der Waals surface area (Å²) in [6.07, 6.45) is 3.77. The molecule has 7 heteroatoms. The minimum Gasteiger partial charge on any atom is -0.493 e. The first-order valence-electron chi connectivity index (χ1n) is 10.8. The Balaban J connectivity index is 1.31. The second-order valence-corrected chi connectivity index (χ2v) is 8.77. The summed E-state index contributed by atoms with van der Waals surface area (Å²) in [5.74, 6) is 0.00127. The first-order valence-corrected chi connectivity index (χ1v) is 11.6. The summed E-state index contributed by atoms with van der Waals surface area (Å²) in [6.45, 7) is 4.55. The number of aryl methyl sites for hydroxylation is 1. The fraction of sp³-hybridized carbons (Fsp3) is 0.458. The third-order valence-corrected chi connectivity index (χ3v) is 6.31. The van der Waals surface area contributed by atoms with E-state index in [2.05, 4.69) is 10.2 Å². The van der Waals surface area contributed by atoms with Gasteiger partial charge in [-0.25, -0.2) is 0 Å². The van der Waals surface area contributed by atoms with Gasteiger partial charge in [0.25, 0.3) is 0 Å². The lowest BCUT2D eigenvalue weighted by Gasteiger charge is -2.32. The van der Waals surface area contributed by atoms with Gasteiger partial charge in [0.2, 0.25) is 0 Å². The van der Waals surface area contributed by atoms with E-state index in [9.17, 15) is 4.79 Å². The molecule has 0 bridgehead atoms. The zero-order chi connectivity index (χ0) is 22.1. The van der Waals surface area contributed by atoms with Crippen LogP contribution in [0.2, 0.25) is 10.0 Å². The molecular weight excluding hydrogens is 435 g/mol. The average Bonchev–Trinajstić information content (AvgIpc) is 2.76. The van der Waals surface area contributed by atoms with Crippen LogP contribution in [0, 0.1) is 0 Å². The predicted octanol–water partition coefficient (Wildman–Crippen LogP) is 5.03. The molecule has 0 radical (unpaired) electrons. The number of para-hydroxylation sites is 1. The number of aliphatic carboxylic acids is 1. The van der Waals surface area contributed by atoms with Gasteiger partial charge >= 0.3 is 5.97 Å². The molecule has 2 aromatic carbocycles. The van der Waals surface area contributed by atoms with Crippen LogP contribution in [0.3, 0.4) is 0 Å². The van der Waals surface area contributed by atoms with E-state index in [4.69, 9.17) is 33.0 Å². The van der Waals surface area contributed by atoms with Crippen molar-refractivity contribution in [3.63, 3.8) is 0 Å². The van der Waals surface area contributed by atoms with Crippen LogP contribution in [0.5, 0.6) is 5.75 Å². The molecular formula is C24H30Cl2N2O3. The van der Waals surface area contributed by atoms with Crippen LogP contribution in [0.1, 0.15) is 36.8 Å². The highest BCUT2D eigenvalue weighted by Gasteiger charge is 2.19. The zero-order valence-corrected chi connectivity index (χ0v) is 19.2. The normalized spacial score (nSPS) is 15.2. The van der Waals surface area contributed by atoms with Gasteiger partial charge in [0.15, 0.2) is 0 Å². The van der Waals surface area contributed by atoms with Crippen molar-refractivity contribution in [3.05, 3.63) is 63.6 Å². The van der Waals surface area contributed by atoms with Crippen LogP contribution in [0.25, 0.3) is 0 Å². The Morgan fingerprint density at radius 2 is 1.90 bits per heavy atom. The van der Waals surface area contributed by atoms with Crippen molar-refractivity contribution >= 4 is 29.2 Å². The number of nitrogens with one attached hydrogen (secondary N) is 1. The number of benzene rings is 2. The van der Waals surface area contributed by atoms with E-state index in [1.165, 1.54) is 5.56 Å². The lowest BCUT2D eigenvalue weighted by atomic mass is 10.0. The van der Waals surface area contributed by atoms with Crippen LogP contribution in [0.4, 0.5) is 0 Å². The summed E-state index contributed by atoms with van der Waals surface area (Å²) in [5.41, 5.74) is 2.15. The molecule has 0 unspecified atom stereocenters. The van der Waals surface area contributed by atoms with Gasteiger partial charge in [-0.15, -0.1) is 0 Å². The molecule has 0 aromatic heterocycles. The molecule has 1 aliphatic rings. The second-order valence-electron chi connectivity index (χ2n) is 7.96. The highest BCUT2D eigenvalue weighted by Crippen LogP contribution is 2.24. The van der Waals surface area contributed by atoms with Gasteiger partial charge in [0, 0.05) is 19.0 Å². The lowest BCUT2D eigenvalue weighted by Crippen LogP contribution is -2.42. The molecule has 0 amide bonds. The first-order chi connectivity index (χ1) is 15.0. The van der Waals surface area contributed by atoms with Gasteiger partial charge in [-0.1, -0.05) is 47.5 Å². The van der Waals surface area contributed by atoms with Gasteiger partial charge in [0.05, 0.1) is 16.7 Å². The summed E-state index contributed by atoms with van der Waals surface area (Å²) in [6, 6.07) is 14.1. The Labute approximate surface area is 194 Å². The van der Waals surface area contributed by atoms with Crippen molar-refractivity contribution in [1.29, 1.82) is 0 Å². The molecule has 0 atom stereocenters. The van der Waals surface area contributed by atoms with Gasteiger partial charge in [-0.05, 0) is 74.6 Å². The molecule has 5 nitrogen and oxygen atoms in total. The van der Waals surface area contributed by atoms with Gasteiger partial charge in [-0.2, -0.15) is 0 Å². The maximum absolute atomic E-state index is 10.8. The first kappa shape index (κ1) is 23.9. The largest absolute Gasteiger partial charge is 0.493 e. The quantitative estimate of drug-likeness (QED) is 0.456. The fourth-order valence-corrected chi connectivity index (χ4v) is 4.17. The number of carboxylic acid groups (broad SMARTS) is 1. The maximum atomic E-state index is 10.8. The van der Waals surface area contributed by atoms with Crippen molar-refractivity contribution in [1.82, 2.24) is 10.2 Å². The smallest absolute Gasteiger partial charge is 0.303 e. The van der Waals surface area contributed by atoms with Crippen molar-refractivity contribution in [3.8, 4) is 5.75 Å². The number of rotatable bonds is 11. The molecule has 0 spiro atoms. The van der Waals surface area contributed by atoms with Gasteiger partial charge in [0.1, 0.15) is 5.75 Å². The van der Waals surface area contributed by atoms with Crippen LogP contribution < -0.4 is 10.1 Å². The zero-order valence-electron chi connectivity index (χ0n) is 17.7. The van der Waals surface area contributed by atoms with E-state index in [0.29, 0.717) is 29.1 Å². The molecule has 0 aliphatic carbocycles. The number of carboxylic acids is 1. The highest BCUT2D eigenvalue weighted by molar-refractivity contribution is 6.42. The maximum Gasteiger partial charge on any atom is 0.303 e. The minimum atomic E-state index is -0.790. The average molecular weight is 465 g/mol. The van der Waals surface area contributed by atoms with Gasteiger partial charge < -0.3 is 15.2 Å². The summed E-state index contributed by atoms with van der Waals surface area (Å²) in [5, 5.41) is 13.7. The molecule has 2 aromatic rings. The van der Waals surface area contributed by atoms with E-state index in [-0.39, 0.29) is 6.42 Å². The number of halogens is 2. The number of ether oxygens (including phenoxy) is 1. The molecule has 2 N–H and O–H groups in total. The molecule has 168 valence electrons. The molecule has 31 heavy (non-hydrogen) atoms. The number of nitrogens with zero attached hydrogens (tertiary/aromatic N) is 1. The monoisotopic (exact) mass is 464 g/mol. The molecule has 1 fully saturated rings. The van der Waals surface area contributed by atoms with Crippen molar-refractivity contribution in [2.75, 3.05) is 26.2 Å². The summed E-state index contributed by atoms with van der Waals surface area (Å²) >= 11 is 12.1. The Morgan fingerprint density at radius 3 is 2.65 bits per heavy atom. The van der Waals surface area contributed by atoms with E-state index in [0.717, 1.165) is 56.8 Å². The number of hydrogen-bond acceptors (Lipinski definition) is 4. The number of carbonyl (C=O) groups is 1. The predicted molar refractivity (Wildman–Crippen MR) is 125 cm³/mol. The Kier molecular flexibility index (Phi) is 9.47. The van der Waals surface area contributed by atoms with Gasteiger partial charge in [-0.3, -0.25) is 9.69 Å². The summed E-state index contributed by atoms with van der Waals surface area (Å²) in [7, 11) is 0. The van der Waals surface area contributed by atoms with E-state index >= 15 is 0 Å². The third kappa shape index (κ3) is 8.00. The summed E-state index contributed by atoms with van der Waals surface area (Å²) < 4.78 is 5.90. The van der Waals surface area contributed by atoms with Crippen molar-refractivity contribution in [2.45, 2.75) is 44.7 Å². The Bertz CT molecular complexity index is 854. The fourth-order valence-electron chi connectivity index (χ4n) is 3.84. The SMILES string of the molecule is O=C(O)CCc1ccccc1OCCCNC1CCN(Cc2ccc(Cl)c(Cl)c2)CC1. The van der Waals surface area contributed by atoms with E-state index in [1.54, 1.807) is 0 Å². The Morgan fingerprint density at radius 1 is 1.13 bits per heavy atom. The number of piperidine rings is 1. The summed E-state index contributed by atoms with van der Waals surface area (Å²) in [4.78, 5) is 13.3. The standard InChI is InChI=1S/C24H30Cl2N2O3/c25-21-8-6-18(16-22(21)26)17-28-13-10-20(11-14-28)27-12-3-15-31-23-5-2-1-4-19(23)7-9-24(29)30/h1-2,4-6,8,16,20,27H,3,7,9-15,17H2,(H,29,30). The second kappa shape index (κ2) is 12.3. The van der Waals surface area contributed by atoms with Crippen LogP contribution >= 0.6 is 23.2 Å². The van der Waals surface area contributed by atoms with Crippen molar-refractivity contribution in [2.24, 2.45) is 0 Å². The number of hydrogen-bond donors (Lipinski definition) is 2. The highest BCUT2D eigenvalue weighted by atomic mass is 35.5. The van der Waals surface area contributed by atoms with E-state index in [1.807, 2.05) is 42.5 Å². The molecule has 1 heterocycles. The third-order valence-electron chi connectivity index (χ3n) is 5.57. The van der Waals surface area contributed by atoms with Crippen LogP contribution in [0.15, 0.2) is 42.5 Å². The molecule has 1 saturated heterocycles. The molecule has 3 rings (SSSR count). The number of likely N-dealkylation sites (tertiary alicyclic amines) is 1. The molecule has 1 aliphatic heterocycles. The van der Waals surface area contributed by atoms with E-state index < -0.39 is 5.97 Å². The van der Waals surface area contributed by atoms with Crippen molar-refractivity contribution < 1.29 is 14.6 Å². The minimum absolute atomic E-state index is 0.117. The lowest BCUT2D eigenvalue weighted by molar-refractivity contribution is -0.136. The van der Waals surface area contributed by atoms with Crippen LogP contribution in [-0.4, -0.2) is 48.3 Å².